The van der Waals surface area contributed by atoms with Crippen molar-refractivity contribution < 1.29 is 9.47 Å². The number of rotatable bonds is 4. The number of hydrogen-bond acceptors (Lipinski definition) is 6. The standard InChI is InChI=1S/C21H24N6O2/c1-14-24-18-5-4-15(17-6-7-27-20(17)21(28-3)22-13-23-27)10-19(18)26(14)12-16-11-25(2)8-9-29-16/h4-7,10,13,16H,8-9,11-12H2,1-3H3. The highest BCUT2D eigenvalue weighted by atomic mass is 16.5. The Morgan fingerprint density at radius 1 is 1.28 bits per heavy atom. The molecule has 1 atom stereocenters. The van der Waals surface area contributed by atoms with Crippen molar-refractivity contribution in [2.75, 3.05) is 33.9 Å². The summed E-state index contributed by atoms with van der Waals surface area (Å²) in [5, 5.41) is 4.29. The van der Waals surface area contributed by atoms with Crippen molar-refractivity contribution in [1.29, 1.82) is 0 Å². The normalized spacial score (nSPS) is 18.0. The van der Waals surface area contributed by atoms with E-state index in [-0.39, 0.29) is 6.10 Å². The van der Waals surface area contributed by atoms with Gasteiger partial charge in [-0.25, -0.2) is 9.50 Å². The highest BCUT2D eigenvalue weighted by molar-refractivity contribution is 5.89. The van der Waals surface area contributed by atoms with Gasteiger partial charge in [0.1, 0.15) is 17.7 Å². The lowest BCUT2D eigenvalue weighted by molar-refractivity contribution is -0.0272. The van der Waals surface area contributed by atoms with Crippen LogP contribution in [-0.2, 0) is 11.3 Å². The van der Waals surface area contributed by atoms with Crippen LogP contribution >= 0.6 is 0 Å². The van der Waals surface area contributed by atoms with Crippen LogP contribution in [0.25, 0.3) is 27.7 Å². The van der Waals surface area contributed by atoms with Gasteiger partial charge in [-0.2, -0.15) is 10.1 Å². The van der Waals surface area contributed by atoms with Crippen LogP contribution < -0.4 is 4.74 Å². The van der Waals surface area contributed by atoms with Gasteiger partial charge in [-0.15, -0.1) is 0 Å². The quantitative estimate of drug-likeness (QED) is 0.531. The van der Waals surface area contributed by atoms with E-state index in [1.165, 1.54) is 6.33 Å². The lowest BCUT2D eigenvalue weighted by Gasteiger charge is -2.30. The van der Waals surface area contributed by atoms with Gasteiger partial charge in [-0.05, 0) is 37.7 Å². The van der Waals surface area contributed by atoms with Crippen molar-refractivity contribution in [2.24, 2.45) is 0 Å². The Bertz CT molecular complexity index is 1180. The SMILES string of the molecule is COc1ncnn2ccc(-c3ccc4nc(C)n(CC5CN(C)CCO5)c4c3)c12. The molecule has 1 unspecified atom stereocenters. The molecule has 0 saturated carbocycles. The van der Waals surface area contributed by atoms with Crippen LogP contribution in [-0.4, -0.2) is 69.0 Å². The zero-order valence-corrected chi connectivity index (χ0v) is 16.9. The van der Waals surface area contributed by atoms with E-state index in [0.29, 0.717) is 5.88 Å². The van der Waals surface area contributed by atoms with Crippen LogP contribution in [0.3, 0.4) is 0 Å². The van der Waals surface area contributed by atoms with Crippen LogP contribution in [0.1, 0.15) is 5.82 Å². The van der Waals surface area contributed by atoms with Gasteiger partial charge in [0.05, 0.1) is 37.4 Å². The molecule has 4 aromatic rings. The van der Waals surface area contributed by atoms with Crippen molar-refractivity contribution in [2.45, 2.75) is 19.6 Å². The van der Waals surface area contributed by atoms with Gasteiger partial charge in [0.25, 0.3) is 0 Å². The smallest absolute Gasteiger partial charge is 0.241 e. The number of aromatic nitrogens is 5. The fourth-order valence-electron chi connectivity index (χ4n) is 4.13. The van der Waals surface area contributed by atoms with Crippen LogP contribution in [0.4, 0.5) is 0 Å². The van der Waals surface area contributed by atoms with Gasteiger partial charge >= 0.3 is 0 Å². The monoisotopic (exact) mass is 392 g/mol. The number of fused-ring (bicyclic) bond motifs is 2. The fourth-order valence-corrected chi connectivity index (χ4v) is 4.13. The zero-order chi connectivity index (χ0) is 20.0. The van der Waals surface area contributed by atoms with Gasteiger partial charge in [-0.3, -0.25) is 0 Å². The molecular weight excluding hydrogens is 368 g/mol. The molecule has 4 heterocycles. The molecule has 1 aliphatic rings. The summed E-state index contributed by atoms with van der Waals surface area (Å²) in [5.41, 5.74) is 5.06. The Kier molecular flexibility index (Phi) is 4.44. The van der Waals surface area contributed by atoms with E-state index in [9.17, 15) is 0 Å². The van der Waals surface area contributed by atoms with Gasteiger partial charge in [-0.1, -0.05) is 6.07 Å². The van der Waals surface area contributed by atoms with E-state index in [1.807, 2.05) is 12.3 Å². The lowest BCUT2D eigenvalue weighted by atomic mass is 10.1. The second-order valence-electron chi connectivity index (χ2n) is 7.52. The molecule has 150 valence electrons. The van der Waals surface area contributed by atoms with E-state index < -0.39 is 0 Å². The first-order valence-corrected chi connectivity index (χ1v) is 9.78. The maximum absolute atomic E-state index is 5.99. The summed E-state index contributed by atoms with van der Waals surface area (Å²) in [5.74, 6) is 1.56. The number of likely N-dealkylation sites (N-methyl/N-ethyl adjacent to an activating group) is 1. The molecule has 8 nitrogen and oxygen atoms in total. The van der Waals surface area contributed by atoms with E-state index in [0.717, 1.165) is 59.7 Å². The first kappa shape index (κ1) is 18.1. The average molecular weight is 392 g/mol. The van der Waals surface area contributed by atoms with Crippen LogP contribution in [0.15, 0.2) is 36.8 Å². The Morgan fingerprint density at radius 2 is 2.17 bits per heavy atom. The third-order valence-corrected chi connectivity index (χ3v) is 5.59. The predicted octanol–water partition coefficient (Wildman–Crippen LogP) is 2.39. The number of hydrogen-bond donors (Lipinski definition) is 0. The number of benzene rings is 1. The van der Waals surface area contributed by atoms with Gasteiger partial charge in [0.15, 0.2) is 0 Å². The Balaban J connectivity index is 1.59. The van der Waals surface area contributed by atoms with Crippen molar-refractivity contribution in [3.63, 3.8) is 0 Å². The molecule has 0 aliphatic carbocycles. The van der Waals surface area contributed by atoms with Gasteiger partial charge in [0.2, 0.25) is 5.88 Å². The summed E-state index contributed by atoms with van der Waals surface area (Å²) in [6.07, 6.45) is 3.59. The molecule has 0 amide bonds. The van der Waals surface area contributed by atoms with E-state index >= 15 is 0 Å². The van der Waals surface area contributed by atoms with Gasteiger partial charge in [0, 0.05) is 24.8 Å². The molecule has 3 aromatic heterocycles. The van der Waals surface area contributed by atoms with Crippen LogP contribution in [0.5, 0.6) is 5.88 Å². The van der Waals surface area contributed by atoms with Crippen molar-refractivity contribution in [1.82, 2.24) is 29.0 Å². The zero-order valence-electron chi connectivity index (χ0n) is 16.9. The number of methoxy groups -OCH3 is 1. The molecule has 29 heavy (non-hydrogen) atoms. The highest BCUT2D eigenvalue weighted by Gasteiger charge is 2.21. The minimum atomic E-state index is 0.164. The molecule has 0 radical (unpaired) electrons. The Hall–Kier alpha value is -2.97. The highest BCUT2D eigenvalue weighted by Crippen LogP contribution is 2.32. The summed E-state index contributed by atoms with van der Waals surface area (Å²) in [6.45, 7) is 5.53. The largest absolute Gasteiger partial charge is 0.479 e. The molecule has 0 spiro atoms. The molecule has 1 aromatic carbocycles. The molecule has 0 N–H and O–H groups in total. The van der Waals surface area contributed by atoms with E-state index in [4.69, 9.17) is 14.5 Å². The first-order valence-electron chi connectivity index (χ1n) is 9.78. The summed E-state index contributed by atoms with van der Waals surface area (Å²) >= 11 is 0. The maximum Gasteiger partial charge on any atom is 0.241 e. The van der Waals surface area contributed by atoms with Crippen LogP contribution in [0, 0.1) is 6.92 Å². The second-order valence-corrected chi connectivity index (χ2v) is 7.52. The molecule has 5 rings (SSSR count). The van der Waals surface area contributed by atoms with Crippen molar-refractivity contribution >= 4 is 16.6 Å². The summed E-state index contributed by atoms with van der Waals surface area (Å²) in [4.78, 5) is 11.3. The van der Waals surface area contributed by atoms with Crippen LogP contribution in [0.2, 0.25) is 0 Å². The Morgan fingerprint density at radius 3 is 3.00 bits per heavy atom. The summed E-state index contributed by atoms with van der Waals surface area (Å²) in [6, 6.07) is 8.39. The fraction of sp³-hybridized carbons (Fsp3) is 0.381. The molecular formula is C21H24N6O2. The topological polar surface area (TPSA) is 69.7 Å². The average Bonchev–Trinajstić information content (AvgIpc) is 3.29. The number of morpholine rings is 1. The third kappa shape index (κ3) is 3.14. The molecule has 8 heteroatoms. The number of nitrogens with zero attached hydrogens (tertiary/aromatic N) is 6. The molecule has 0 bridgehead atoms. The Labute approximate surface area is 168 Å². The summed E-state index contributed by atoms with van der Waals surface area (Å²) in [7, 11) is 3.77. The minimum Gasteiger partial charge on any atom is -0.479 e. The minimum absolute atomic E-state index is 0.164. The van der Waals surface area contributed by atoms with E-state index in [2.05, 4.69) is 51.7 Å². The molecule has 1 aliphatic heterocycles. The van der Waals surface area contributed by atoms with Crippen molar-refractivity contribution in [3.8, 4) is 17.0 Å². The van der Waals surface area contributed by atoms with E-state index in [1.54, 1.807) is 11.6 Å². The number of ether oxygens (including phenoxy) is 2. The van der Waals surface area contributed by atoms with Gasteiger partial charge < -0.3 is 18.9 Å². The number of aryl methyl sites for hydroxylation is 1. The first-order chi connectivity index (χ1) is 14.1. The molecule has 1 saturated heterocycles. The molecule has 1 fully saturated rings. The van der Waals surface area contributed by atoms with Crippen molar-refractivity contribution in [3.05, 3.63) is 42.6 Å². The summed E-state index contributed by atoms with van der Waals surface area (Å²) < 4.78 is 15.5. The predicted molar refractivity (Wildman–Crippen MR) is 110 cm³/mol. The number of imidazole rings is 1. The maximum atomic E-state index is 5.99. The second kappa shape index (κ2) is 7.13. The third-order valence-electron chi connectivity index (χ3n) is 5.59. The lowest BCUT2D eigenvalue weighted by Crippen LogP contribution is -2.42.